The molecule has 1 heterocycles. The quantitative estimate of drug-likeness (QED) is 0.571. The average Bonchev–Trinajstić information content (AvgIpc) is 2.38. The van der Waals surface area contributed by atoms with E-state index in [1.54, 1.807) is 24.3 Å². The van der Waals surface area contributed by atoms with E-state index in [9.17, 15) is 13.2 Å². The van der Waals surface area contributed by atoms with Crippen LogP contribution in [0.3, 0.4) is 0 Å². The summed E-state index contributed by atoms with van der Waals surface area (Å²) in [7, 11) is -2.90. The molecule has 4 N–H and O–H groups in total. The Hall–Kier alpha value is -2.26. The van der Waals surface area contributed by atoms with Crippen molar-refractivity contribution in [3.05, 3.63) is 36.2 Å². The first-order valence-electron chi connectivity index (χ1n) is 5.54. The fraction of sp³-hybridized carbons (Fsp3) is 0.182. The van der Waals surface area contributed by atoms with Gasteiger partial charge in [0, 0.05) is 11.8 Å². The lowest BCUT2D eigenvalue weighted by Crippen LogP contribution is -2.53. The number of carbonyl (C=O) groups excluding carboxylic acids is 1. The number of nitrogens with one attached hydrogen (secondary N) is 3. The van der Waals surface area contributed by atoms with E-state index < -0.39 is 21.5 Å². The van der Waals surface area contributed by atoms with Crippen molar-refractivity contribution in [1.82, 2.24) is 10.6 Å². The van der Waals surface area contributed by atoms with Crippen molar-refractivity contribution in [1.29, 1.82) is 0 Å². The molecule has 1 amide bonds. The van der Waals surface area contributed by atoms with Gasteiger partial charge in [-0.05, 0) is 24.3 Å². The predicted molar refractivity (Wildman–Crippen MR) is 71.3 cm³/mol. The summed E-state index contributed by atoms with van der Waals surface area (Å²) in [6, 6.07) is 6.78. The molecule has 2 rings (SSSR count). The number of benzene rings is 1. The molecule has 1 unspecified atom stereocenters. The molecule has 1 aromatic carbocycles. The Balaban J connectivity index is 2.13. The molecular formula is C11H13N3O5S. The Morgan fingerprint density at radius 2 is 1.90 bits per heavy atom. The molecule has 0 aromatic heterocycles. The fourth-order valence-corrected chi connectivity index (χ4v) is 2.11. The van der Waals surface area contributed by atoms with Crippen LogP contribution in [0.2, 0.25) is 0 Å². The van der Waals surface area contributed by atoms with Gasteiger partial charge in [-0.15, -0.1) is 0 Å². The normalized spacial score (nSPS) is 18.6. The second-order valence-electron chi connectivity index (χ2n) is 3.96. The van der Waals surface area contributed by atoms with Gasteiger partial charge in [-0.1, -0.05) is 0 Å². The molecule has 0 saturated carbocycles. The molecule has 0 fully saturated rings. The average molecular weight is 299 g/mol. The van der Waals surface area contributed by atoms with Crippen LogP contribution in [0.5, 0.6) is 5.75 Å². The minimum Gasteiger partial charge on any atom is -0.497 e. The maximum Gasteiger partial charge on any atom is 0.305 e. The smallest absolute Gasteiger partial charge is 0.305 e. The van der Waals surface area contributed by atoms with Gasteiger partial charge in [0.15, 0.2) is 0 Å². The summed E-state index contributed by atoms with van der Waals surface area (Å²) in [5, 5.41) is 7.34. The van der Waals surface area contributed by atoms with Crippen LogP contribution in [0.1, 0.15) is 0 Å². The van der Waals surface area contributed by atoms with E-state index in [-0.39, 0.29) is 5.82 Å². The Morgan fingerprint density at radius 3 is 2.45 bits per heavy atom. The largest absolute Gasteiger partial charge is 0.497 e. The summed E-state index contributed by atoms with van der Waals surface area (Å²) in [5.74, 6) is 0.179. The molecule has 1 aromatic rings. The maximum atomic E-state index is 11.4. The Morgan fingerprint density at radius 1 is 1.25 bits per heavy atom. The number of carbonyl (C=O) groups is 1. The standard InChI is InChI=1S/C11H13N3O5S/c1-19-8-4-2-7(3-5-8)12-9-6-10(15)14-11(13-9)20(16,17)18/h2-6,11-13H,1H3,(H,14,15)(H,16,17,18). The SMILES string of the molecule is COc1ccc(NC2=CC(=O)NC(S(=O)(=O)O)N2)cc1. The van der Waals surface area contributed by atoms with E-state index >= 15 is 0 Å². The zero-order chi connectivity index (χ0) is 14.8. The van der Waals surface area contributed by atoms with Crippen LogP contribution < -0.4 is 20.7 Å². The topological polar surface area (TPSA) is 117 Å². The molecule has 1 aliphatic rings. The van der Waals surface area contributed by atoms with Crippen molar-refractivity contribution >= 4 is 21.7 Å². The highest BCUT2D eigenvalue weighted by molar-refractivity contribution is 7.86. The van der Waals surface area contributed by atoms with Crippen LogP contribution in [-0.2, 0) is 14.9 Å². The Labute approximate surface area is 115 Å². The third-order valence-electron chi connectivity index (χ3n) is 2.50. The van der Waals surface area contributed by atoms with E-state index in [0.29, 0.717) is 11.4 Å². The first-order chi connectivity index (χ1) is 9.38. The van der Waals surface area contributed by atoms with E-state index in [4.69, 9.17) is 9.29 Å². The summed E-state index contributed by atoms with van der Waals surface area (Å²) in [5.41, 5.74) is -0.964. The highest BCUT2D eigenvalue weighted by Gasteiger charge is 2.28. The molecule has 20 heavy (non-hydrogen) atoms. The Bertz CT molecular complexity index is 639. The van der Waals surface area contributed by atoms with Crippen LogP contribution in [0.15, 0.2) is 36.2 Å². The predicted octanol–water partition coefficient (Wildman–Crippen LogP) is -0.161. The molecule has 9 heteroatoms. The minimum atomic E-state index is -4.44. The number of rotatable bonds is 4. The monoisotopic (exact) mass is 299 g/mol. The van der Waals surface area contributed by atoms with Crippen molar-refractivity contribution in [2.45, 2.75) is 5.50 Å². The molecule has 1 aliphatic heterocycles. The van der Waals surface area contributed by atoms with Gasteiger partial charge in [0.05, 0.1) is 7.11 Å². The van der Waals surface area contributed by atoms with Gasteiger partial charge in [-0.2, -0.15) is 8.42 Å². The molecule has 0 aliphatic carbocycles. The maximum absolute atomic E-state index is 11.4. The molecule has 0 bridgehead atoms. The van der Waals surface area contributed by atoms with Gasteiger partial charge >= 0.3 is 10.1 Å². The molecule has 8 nitrogen and oxygen atoms in total. The zero-order valence-corrected chi connectivity index (χ0v) is 11.3. The van der Waals surface area contributed by atoms with E-state index in [2.05, 4.69) is 16.0 Å². The molecule has 108 valence electrons. The van der Waals surface area contributed by atoms with Crippen LogP contribution in [-0.4, -0.2) is 31.5 Å². The van der Waals surface area contributed by atoms with E-state index in [1.165, 1.54) is 7.11 Å². The summed E-state index contributed by atoms with van der Waals surface area (Å²) in [6.07, 6.45) is 1.14. The van der Waals surface area contributed by atoms with Crippen LogP contribution in [0, 0.1) is 0 Å². The molecule has 0 spiro atoms. The van der Waals surface area contributed by atoms with Crippen molar-refractivity contribution < 1.29 is 22.5 Å². The van der Waals surface area contributed by atoms with Gasteiger partial charge in [-0.3, -0.25) is 9.35 Å². The van der Waals surface area contributed by atoms with Crippen molar-refractivity contribution in [2.75, 3.05) is 12.4 Å². The van der Waals surface area contributed by atoms with Crippen molar-refractivity contribution in [3.63, 3.8) is 0 Å². The minimum absolute atomic E-state index is 0.154. The third kappa shape index (κ3) is 3.39. The van der Waals surface area contributed by atoms with E-state index in [0.717, 1.165) is 6.08 Å². The molecule has 0 radical (unpaired) electrons. The van der Waals surface area contributed by atoms with Crippen LogP contribution in [0.25, 0.3) is 0 Å². The number of hydrogen-bond donors (Lipinski definition) is 4. The number of ether oxygens (including phenoxy) is 1. The third-order valence-corrected chi connectivity index (χ3v) is 3.33. The first kappa shape index (κ1) is 14.2. The zero-order valence-electron chi connectivity index (χ0n) is 10.5. The van der Waals surface area contributed by atoms with Crippen molar-refractivity contribution in [3.8, 4) is 5.75 Å². The number of hydrogen-bond acceptors (Lipinski definition) is 6. The lowest BCUT2D eigenvalue weighted by molar-refractivity contribution is -0.117. The summed E-state index contributed by atoms with van der Waals surface area (Å²) >= 11 is 0. The molecular weight excluding hydrogens is 286 g/mol. The van der Waals surface area contributed by atoms with Gasteiger partial charge in [0.2, 0.25) is 11.4 Å². The first-order valence-corrected chi connectivity index (χ1v) is 7.05. The van der Waals surface area contributed by atoms with Crippen molar-refractivity contribution in [2.24, 2.45) is 0 Å². The van der Waals surface area contributed by atoms with Crippen LogP contribution in [0.4, 0.5) is 5.69 Å². The second kappa shape index (κ2) is 5.39. The van der Waals surface area contributed by atoms with E-state index in [1.807, 2.05) is 0 Å². The highest BCUT2D eigenvalue weighted by Crippen LogP contribution is 2.16. The number of amides is 1. The lowest BCUT2D eigenvalue weighted by atomic mass is 10.3. The molecule has 1 atom stereocenters. The number of methoxy groups -OCH3 is 1. The van der Waals surface area contributed by atoms with Gasteiger partial charge in [0.25, 0.3) is 0 Å². The number of anilines is 1. The highest BCUT2D eigenvalue weighted by atomic mass is 32.2. The Kier molecular flexibility index (Phi) is 3.81. The summed E-state index contributed by atoms with van der Waals surface area (Å²) in [6.45, 7) is 0. The summed E-state index contributed by atoms with van der Waals surface area (Å²) in [4.78, 5) is 11.4. The van der Waals surface area contributed by atoms with Gasteiger partial charge in [0.1, 0.15) is 11.6 Å². The fourth-order valence-electron chi connectivity index (χ4n) is 1.57. The lowest BCUT2D eigenvalue weighted by Gasteiger charge is -2.24. The molecule has 0 saturated heterocycles. The second-order valence-corrected chi connectivity index (χ2v) is 5.46. The summed E-state index contributed by atoms with van der Waals surface area (Å²) < 4.78 is 36.0. The van der Waals surface area contributed by atoms with Gasteiger partial charge in [-0.25, -0.2) is 0 Å². The van der Waals surface area contributed by atoms with Gasteiger partial charge < -0.3 is 20.7 Å². The van der Waals surface area contributed by atoms with Crippen LogP contribution >= 0.6 is 0 Å².